The molecule has 112 valence electrons. The van der Waals surface area contributed by atoms with Crippen LogP contribution in [0.15, 0.2) is 18.2 Å². The first kappa shape index (κ1) is 15.7. The Morgan fingerprint density at radius 1 is 1.35 bits per heavy atom. The summed E-state index contributed by atoms with van der Waals surface area (Å²) in [6.45, 7) is 7.65. The molecule has 1 fully saturated rings. The second-order valence-electron chi connectivity index (χ2n) is 6.59. The number of nitrogens with one attached hydrogen (secondary N) is 1. The van der Waals surface area contributed by atoms with E-state index in [0.29, 0.717) is 29.3 Å². The molecule has 0 bridgehead atoms. The van der Waals surface area contributed by atoms with Crippen molar-refractivity contribution in [1.82, 2.24) is 5.32 Å². The van der Waals surface area contributed by atoms with Crippen LogP contribution in [0.25, 0.3) is 0 Å². The number of benzene rings is 1. The van der Waals surface area contributed by atoms with Crippen molar-refractivity contribution in [2.75, 3.05) is 0 Å². The van der Waals surface area contributed by atoms with Gasteiger partial charge in [-0.25, -0.2) is 0 Å². The molecule has 0 aliphatic heterocycles. The zero-order valence-electron chi connectivity index (χ0n) is 12.7. The zero-order valence-corrected chi connectivity index (χ0v) is 13.5. The highest BCUT2D eigenvalue weighted by molar-refractivity contribution is 6.30. The van der Waals surface area contributed by atoms with Gasteiger partial charge in [-0.15, -0.1) is 0 Å². The molecule has 0 heterocycles. The average molecular weight is 296 g/mol. The fraction of sp³-hybridized carbons (Fsp3) is 0.647. The van der Waals surface area contributed by atoms with Crippen LogP contribution in [-0.2, 0) is 6.54 Å². The highest BCUT2D eigenvalue weighted by atomic mass is 35.5. The van der Waals surface area contributed by atoms with Crippen LogP contribution < -0.4 is 5.32 Å². The zero-order chi connectivity index (χ0) is 14.7. The molecule has 1 aromatic carbocycles. The van der Waals surface area contributed by atoms with Crippen molar-refractivity contribution in [2.45, 2.75) is 52.6 Å². The Morgan fingerprint density at radius 3 is 2.80 bits per heavy atom. The van der Waals surface area contributed by atoms with Gasteiger partial charge in [0.15, 0.2) is 0 Å². The van der Waals surface area contributed by atoms with Gasteiger partial charge in [0.25, 0.3) is 0 Å². The minimum atomic E-state index is 0.326. The largest absolute Gasteiger partial charge is 0.508 e. The van der Waals surface area contributed by atoms with Crippen LogP contribution >= 0.6 is 11.6 Å². The lowest BCUT2D eigenvalue weighted by atomic mass is 9.74. The van der Waals surface area contributed by atoms with Crippen LogP contribution in [0, 0.1) is 17.8 Å². The maximum Gasteiger partial charge on any atom is 0.120 e. The maximum atomic E-state index is 9.89. The minimum absolute atomic E-state index is 0.326. The van der Waals surface area contributed by atoms with Crippen LogP contribution in [0.4, 0.5) is 0 Å². The Bertz CT molecular complexity index is 447. The van der Waals surface area contributed by atoms with Crippen LogP contribution in [0.3, 0.4) is 0 Å². The number of phenols is 1. The van der Waals surface area contributed by atoms with Gasteiger partial charge in [0.05, 0.1) is 0 Å². The first-order valence-electron chi connectivity index (χ1n) is 7.68. The predicted molar refractivity (Wildman–Crippen MR) is 85.1 cm³/mol. The molecule has 1 saturated carbocycles. The van der Waals surface area contributed by atoms with Crippen molar-refractivity contribution in [1.29, 1.82) is 0 Å². The SMILES string of the molecule is CC1CCC(C(C)C)C(NCc2cc(Cl)ccc2O)C1. The van der Waals surface area contributed by atoms with Crippen molar-refractivity contribution < 1.29 is 5.11 Å². The molecule has 1 aliphatic carbocycles. The van der Waals surface area contributed by atoms with Crippen molar-refractivity contribution in [2.24, 2.45) is 17.8 Å². The minimum Gasteiger partial charge on any atom is -0.508 e. The van der Waals surface area contributed by atoms with Gasteiger partial charge in [0.1, 0.15) is 5.75 Å². The first-order valence-corrected chi connectivity index (χ1v) is 8.06. The lowest BCUT2D eigenvalue weighted by Gasteiger charge is -2.38. The molecule has 2 rings (SSSR count). The standard InChI is InChI=1S/C17H26ClNO/c1-11(2)15-6-4-12(3)8-16(15)19-10-13-9-14(18)5-7-17(13)20/h5,7,9,11-12,15-16,19-20H,4,6,8,10H2,1-3H3. The molecule has 0 saturated heterocycles. The fourth-order valence-corrected chi connectivity index (χ4v) is 3.57. The average Bonchev–Trinajstić information content (AvgIpc) is 2.39. The number of hydrogen-bond acceptors (Lipinski definition) is 2. The van der Waals surface area contributed by atoms with Crippen molar-refractivity contribution in [3.63, 3.8) is 0 Å². The smallest absolute Gasteiger partial charge is 0.120 e. The van der Waals surface area contributed by atoms with Gasteiger partial charge < -0.3 is 10.4 Å². The Morgan fingerprint density at radius 2 is 2.10 bits per heavy atom. The molecule has 0 radical (unpaired) electrons. The van der Waals surface area contributed by atoms with Crippen LogP contribution in [-0.4, -0.2) is 11.1 Å². The van der Waals surface area contributed by atoms with Crippen molar-refractivity contribution in [3.8, 4) is 5.75 Å². The van der Waals surface area contributed by atoms with E-state index < -0.39 is 0 Å². The lowest BCUT2D eigenvalue weighted by molar-refractivity contribution is 0.169. The third-order valence-corrected chi connectivity index (χ3v) is 4.85. The van der Waals surface area contributed by atoms with E-state index in [9.17, 15) is 5.11 Å². The summed E-state index contributed by atoms with van der Waals surface area (Å²) >= 11 is 6.00. The van der Waals surface area contributed by atoms with Gasteiger partial charge in [-0.2, -0.15) is 0 Å². The van der Waals surface area contributed by atoms with Crippen LogP contribution in [0.2, 0.25) is 5.02 Å². The van der Waals surface area contributed by atoms with Gasteiger partial charge >= 0.3 is 0 Å². The molecule has 3 unspecified atom stereocenters. The molecule has 1 aliphatic rings. The van der Waals surface area contributed by atoms with E-state index in [1.165, 1.54) is 19.3 Å². The molecule has 1 aromatic rings. The molecule has 20 heavy (non-hydrogen) atoms. The summed E-state index contributed by atoms with van der Waals surface area (Å²) in [5.41, 5.74) is 0.887. The summed E-state index contributed by atoms with van der Waals surface area (Å²) in [7, 11) is 0. The number of aromatic hydroxyl groups is 1. The predicted octanol–water partition coefficient (Wildman–Crippen LogP) is 4.60. The molecule has 0 spiro atoms. The molecule has 3 atom stereocenters. The summed E-state index contributed by atoms with van der Waals surface area (Å²) in [5, 5.41) is 14.2. The van der Waals surface area contributed by atoms with E-state index >= 15 is 0 Å². The second-order valence-corrected chi connectivity index (χ2v) is 7.02. The highest BCUT2D eigenvalue weighted by Gasteiger charge is 2.30. The molecule has 0 amide bonds. The summed E-state index contributed by atoms with van der Waals surface area (Å²) in [6.07, 6.45) is 3.87. The molecule has 2 N–H and O–H groups in total. The van der Waals surface area contributed by atoms with E-state index in [-0.39, 0.29) is 0 Å². The monoisotopic (exact) mass is 295 g/mol. The number of halogens is 1. The van der Waals surface area contributed by atoms with Gasteiger partial charge in [-0.3, -0.25) is 0 Å². The second kappa shape index (κ2) is 6.82. The van der Waals surface area contributed by atoms with Crippen LogP contribution in [0.1, 0.15) is 45.6 Å². The van der Waals surface area contributed by atoms with E-state index in [0.717, 1.165) is 17.4 Å². The summed E-state index contributed by atoms with van der Waals surface area (Å²) in [4.78, 5) is 0. The summed E-state index contributed by atoms with van der Waals surface area (Å²) in [6, 6.07) is 5.78. The Hall–Kier alpha value is -0.730. The Labute approximate surface area is 127 Å². The molecule has 3 heteroatoms. The molecule has 2 nitrogen and oxygen atoms in total. The van der Waals surface area contributed by atoms with E-state index in [1.807, 2.05) is 6.07 Å². The van der Waals surface area contributed by atoms with E-state index in [1.54, 1.807) is 12.1 Å². The van der Waals surface area contributed by atoms with Crippen molar-refractivity contribution in [3.05, 3.63) is 28.8 Å². The summed E-state index contributed by atoms with van der Waals surface area (Å²) < 4.78 is 0. The molecular formula is C17H26ClNO. The quantitative estimate of drug-likeness (QED) is 0.851. The number of phenolic OH excluding ortho intramolecular Hbond substituents is 1. The van der Waals surface area contributed by atoms with Gasteiger partial charge in [-0.1, -0.05) is 38.8 Å². The highest BCUT2D eigenvalue weighted by Crippen LogP contribution is 2.34. The van der Waals surface area contributed by atoms with E-state index in [2.05, 4.69) is 26.1 Å². The third-order valence-electron chi connectivity index (χ3n) is 4.62. The molecular weight excluding hydrogens is 270 g/mol. The van der Waals surface area contributed by atoms with Crippen molar-refractivity contribution >= 4 is 11.6 Å². The first-order chi connectivity index (χ1) is 9.47. The van der Waals surface area contributed by atoms with Crippen LogP contribution in [0.5, 0.6) is 5.75 Å². The number of hydrogen-bond donors (Lipinski definition) is 2. The van der Waals surface area contributed by atoms with E-state index in [4.69, 9.17) is 11.6 Å². The normalized spacial score (nSPS) is 26.9. The Balaban J connectivity index is 2.01. The third kappa shape index (κ3) is 3.89. The van der Waals surface area contributed by atoms with Gasteiger partial charge in [0.2, 0.25) is 0 Å². The van der Waals surface area contributed by atoms with Gasteiger partial charge in [-0.05, 0) is 48.8 Å². The van der Waals surface area contributed by atoms with Gasteiger partial charge in [0, 0.05) is 23.2 Å². The summed E-state index contributed by atoms with van der Waals surface area (Å²) in [5.74, 6) is 2.54. The topological polar surface area (TPSA) is 32.3 Å². The number of rotatable bonds is 4. The fourth-order valence-electron chi connectivity index (χ4n) is 3.37. The molecule has 0 aromatic heterocycles. The lowest BCUT2D eigenvalue weighted by Crippen LogP contribution is -2.42. The maximum absolute atomic E-state index is 9.89. The Kier molecular flexibility index (Phi) is 5.34.